The fourth-order valence-electron chi connectivity index (χ4n) is 3.85. The molecule has 0 aliphatic carbocycles. The molecule has 0 fully saturated rings. The van der Waals surface area contributed by atoms with Gasteiger partial charge in [-0.3, -0.25) is 9.59 Å². The molecule has 9 heteroatoms. The van der Waals surface area contributed by atoms with Crippen LogP contribution >= 0.6 is 0 Å². The second-order valence-corrected chi connectivity index (χ2v) is 7.84. The van der Waals surface area contributed by atoms with Gasteiger partial charge in [-0.05, 0) is 45.0 Å². The minimum atomic E-state index is -0.335. The van der Waals surface area contributed by atoms with Gasteiger partial charge in [-0.2, -0.15) is 5.10 Å². The molecule has 4 aromatic heterocycles. The van der Waals surface area contributed by atoms with Crippen molar-refractivity contribution >= 4 is 39.6 Å². The topological polar surface area (TPSA) is 107 Å². The fourth-order valence-corrected chi connectivity index (χ4v) is 3.85. The number of carbonyl (C=O) groups is 2. The lowest BCUT2D eigenvalue weighted by molar-refractivity contribution is 0.0918. The maximum absolute atomic E-state index is 12.8. The van der Waals surface area contributed by atoms with E-state index in [0.29, 0.717) is 23.6 Å². The monoisotopic (exact) mass is 403 g/mol. The Bertz CT molecular complexity index is 1320. The van der Waals surface area contributed by atoms with Gasteiger partial charge in [0.2, 0.25) is 0 Å². The second kappa shape index (κ2) is 6.65. The minimum absolute atomic E-state index is 0.0603. The summed E-state index contributed by atoms with van der Waals surface area (Å²) in [6, 6.07) is 7.38. The summed E-state index contributed by atoms with van der Waals surface area (Å²) in [5.41, 5.74) is 2.81. The van der Waals surface area contributed by atoms with Crippen LogP contribution in [-0.4, -0.2) is 42.7 Å². The Morgan fingerprint density at radius 1 is 1.20 bits per heavy atom. The van der Waals surface area contributed by atoms with Crippen LogP contribution < -0.4 is 10.6 Å². The summed E-state index contributed by atoms with van der Waals surface area (Å²) in [4.78, 5) is 34.0. The normalized spacial score (nSPS) is 16.1. The van der Waals surface area contributed by atoms with Crippen molar-refractivity contribution in [1.82, 2.24) is 29.6 Å². The summed E-state index contributed by atoms with van der Waals surface area (Å²) in [6.45, 7) is 6.62. The van der Waals surface area contributed by atoms with Crippen LogP contribution in [0.5, 0.6) is 0 Å². The number of rotatable bonds is 3. The van der Waals surface area contributed by atoms with Crippen LogP contribution in [0.2, 0.25) is 0 Å². The van der Waals surface area contributed by atoms with Crippen molar-refractivity contribution in [2.45, 2.75) is 32.9 Å². The summed E-state index contributed by atoms with van der Waals surface area (Å²) in [6.07, 6.45) is 3.35. The molecule has 0 spiro atoms. The smallest absolute Gasteiger partial charge is 0.274 e. The van der Waals surface area contributed by atoms with Crippen molar-refractivity contribution in [2.75, 3.05) is 11.9 Å². The van der Waals surface area contributed by atoms with Gasteiger partial charge in [0.05, 0.1) is 24.1 Å². The number of aromatic nitrogens is 5. The van der Waals surface area contributed by atoms with Crippen LogP contribution in [0.25, 0.3) is 22.1 Å². The third-order valence-corrected chi connectivity index (χ3v) is 5.33. The highest BCUT2D eigenvalue weighted by atomic mass is 16.2. The van der Waals surface area contributed by atoms with E-state index in [1.165, 1.54) is 0 Å². The Kier molecular flexibility index (Phi) is 4.05. The summed E-state index contributed by atoms with van der Waals surface area (Å²) < 4.78 is 3.72. The third-order valence-electron chi connectivity index (χ3n) is 5.33. The van der Waals surface area contributed by atoms with Crippen LogP contribution in [-0.2, 0) is 0 Å². The van der Waals surface area contributed by atoms with Crippen molar-refractivity contribution < 1.29 is 9.59 Å². The number of fused-ring (bicyclic) bond motifs is 4. The SMILES string of the molecule is CC(C)n1ncc2cc(NC(=O)c3ccc4cc5n(c4n3)[C@@H](C)CNC5=O)cnc21. The van der Waals surface area contributed by atoms with Crippen molar-refractivity contribution in [3.8, 4) is 0 Å². The molecule has 9 nitrogen and oxygen atoms in total. The molecule has 5 rings (SSSR count). The average molecular weight is 403 g/mol. The van der Waals surface area contributed by atoms with Gasteiger partial charge in [0.1, 0.15) is 17.0 Å². The van der Waals surface area contributed by atoms with E-state index in [0.717, 1.165) is 16.4 Å². The molecule has 1 atom stereocenters. The van der Waals surface area contributed by atoms with Crippen molar-refractivity contribution in [3.63, 3.8) is 0 Å². The molecule has 2 N–H and O–H groups in total. The summed E-state index contributed by atoms with van der Waals surface area (Å²) in [7, 11) is 0. The molecule has 1 aliphatic heterocycles. The van der Waals surface area contributed by atoms with E-state index in [-0.39, 0.29) is 29.6 Å². The lowest BCUT2D eigenvalue weighted by Gasteiger charge is -2.23. The quantitative estimate of drug-likeness (QED) is 0.547. The molecule has 5 heterocycles. The van der Waals surface area contributed by atoms with Gasteiger partial charge in [0.15, 0.2) is 5.65 Å². The van der Waals surface area contributed by atoms with E-state index >= 15 is 0 Å². The Hall–Kier alpha value is -3.75. The van der Waals surface area contributed by atoms with Crippen LogP contribution in [0.1, 0.15) is 53.8 Å². The van der Waals surface area contributed by atoms with E-state index in [2.05, 4.69) is 25.7 Å². The zero-order valence-electron chi connectivity index (χ0n) is 16.9. The molecule has 0 aromatic carbocycles. The Labute approximate surface area is 172 Å². The summed E-state index contributed by atoms with van der Waals surface area (Å²) in [5, 5.41) is 11.7. The first-order valence-electron chi connectivity index (χ1n) is 9.87. The van der Waals surface area contributed by atoms with Gasteiger partial charge in [-0.25, -0.2) is 14.6 Å². The van der Waals surface area contributed by atoms with Gasteiger partial charge in [0, 0.05) is 23.4 Å². The lowest BCUT2D eigenvalue weighted by atomic mass is 10.2. The molecular weight excluding hydrogens is 382 g/mol. The fraction of sp³-hybridized carbons (Fsp3) is 0.286. The molecule has 4 aromatic rings. The molecule has 0 saturated heterocycles. The van der Waals surface area contributed by atoms with Gasteiger partial charge in [-0.1, -0.05) is 0 Å². The van der Waals surface area contributed by atoms with E-state index in [1.54, 1.807) is 24.5 Å². The summed E-state index contributed by atoms with van der Waals surface area (Å²) in [5.74, 6) is -0.462. The first kappa shape index (κ1) is 18.3. The highest BCUT2D eigenvalue weighted by molar-refractivity contribution is 6.05. The molecule has 1 aliphatic rings. The van der Waals surface area contributed by atoms with E-state index in [4.69, 9.17) is 0 Å². The zero-order chi connectivity index (χ0) is 21.0. The molecule has 0 saturated carbocycles. The van der Waals surface area contributed by atoms with Crippen LogP contribution in [0.15, 0.2) is 36.7 Å². The molecule has 30 heavy (non-hydrogen) atoms. The minimum Gasteiger partial charge on any atom is -0.349 e. The standard InChI is InChI=1S/C21H21N7O2/c1-11(2)28-18-14(9-24-28)6-15(10-22-18)25-20(29)16-5-4-13-7-17-21(30)23-8-12(3)27(17)19(13)26-16/h4-7,9-12H,8H2,1-3H3,(H,23,30)(H,25,29)/t12-/m0/s1. The van der Waals surface area contributed by atoms with Gasteiger partial charge in [-0.15, -0.1) is 0 Å². The molecular formula is C21H21N7O2. The molecule has 0 unspecified atom stereocenters. The number of hydrogen-bond donors (Lipinski definition) is 2. The van der Waals surface area contributed by atoms with E-state index < -0.39 is 0 Å². The van der Waals surface area contributed by atoms with E-state index in [1.807, 2.05) is 42.2 Å². The van der Waals surface area contributed by atoms with Gasteiger partial charge in [0.25, 0.3) is 11.8 Å². The van der Waals surface area contributed by atoms with E-state index in [9.17, 15) is 9.59 Å². The summed E-state index contributed by atoms with van der Waals surface area (Å²) >= 11 is 0. The molecule has 152 valence electrons. The highest BCUT2D eigenvalue weighted by Crippen LogP contribution is 2.26. The Morgan fingerprint density at radius 2 is 2.03 bits per heavy atom. The van der Waals surface area contributed by atoms with Gasteiger partial charge < -0.3 is 15.2 Å². The van der Waals surface area contributed by atoms with Crippen molar-refractivity contribution in [3.05, 3.63) is 48.0 Å². The maximum Gasteiger partial charge on any atom is 0.274 e. The number of nitrogens with zero attached hydrogens (tertiary/aromatic N) is 5. The van der Waals surface area contributed by atoms with Crippen molar-refractivity contribution in [2.24, 2.45) is 0 Å². The average Bonchev–Trinajstić information content (AvgIpc) is 3.32. The number of pyridine rings is 2. The number of amides is 2. The lowest BCUT2D eigenvalue weighted by Crippen LogP contribution is -2.37. The van der Waals surface area contributed by atoms with Crippen LogP contribution in [0, 0.1) is 0 Å². The van der Waals surface area contributed by atoms with Crippen LogP contribution in [0.3, 0.4) is 0 Å². The Balaban J connectivity index is 1.47. The first-order valence-corrected chi connectivity index (χ1v) is 9.87. The highest BCUT2D eigenvalue weighted by Gasteiger charge is 2.25. The predicted molar refractivity (Wildman–Crippen MR) is 113 cm³/mol. The molecule has 0 bridgehead atoms. The second-order valence-electron chi connectivity index (χ2n) is 7.84. The molecule has 2 amide bonds. The predicted octanol–water partition coefficient (Wildman–Crippen LogP) is 2.92. The number of carbonyl (C=O) groups excluding carboxylic acids is 2. The first-order chi connectivity index (χ1) is 14.4. The Morgan fingerprint density at radius 3 is 2.83 bits per heavy atom. The molecule has 0 radical (unpaired) electrons. The van der Waals surface area contributed by atoms with Gasteiger partial charge >= 0.3 is 0 Å². The number of hydrogen-bond acceptors (Lipinski definition) is 5. The third kappa shape index (κ3) is 2.81. The largest absolute Gasteiger partial charge is 0.349 e. The van der Waals surface area contributed by atoms with Crippen LogP contribution in [0.4, 0.5) is 5.69 Å². The zero-order valence-corrected chi connectivity index (χ0v) is 16.9. The van der Waals surface area contributed by atoms with Crippen molar-refractivity contribution in [1.29, 1.82) is 0 Å². The maximum atomic E-state index is 12.8. The number of anilines is 1. The number of nitrogens with one attached hydrogen (secondary N) is 2.